The molecule has 1 aromatic carbocycles. The Morgan fingerprint density at radius 1 is 1.42 bits per heavy atom. The van der Waals surface area contributed by atoms with Crippen LogP contribution < -0.4 is 5.32 Å². The van der Waals surface area contributed by atoms with Gasteiger partial charge in [0.1, 0.15) is 0 Å². The SMILES string of the molecule is CCN(CC(C)C)C(=O)c1ccc2c(c1)NC(=O)C2. The molecule has 0 aromatic heterocycles. The molecule has 0 saturated heterocycles. The highest BCUT2D eigenvalue weighted by Crippen LogP contribution is 2.24. The average molecular weight is 260 g/mol. The first-order chi connectivity index (χ1) is 9.01. The van der Waals surface area contributed by atoms with Crippen LogP contribution in [-0.4, -0.2) is 29.8 Å². The van der Waals surface area contributed by atoms with E-state index in [1.807, 2.05) is 24.0 Å². The minimum absolute atomic E-state index is 0.00544. The Morgan fingerprint density at radius 2 is 2.16 bits per heavy atom. The van der Waals surface area contributed by atoms with Crippen LogP contribution in [0, 0.1) is 5.92 Å². The van der Waals surface area contributed by atoms with Crippen molar-refractivity contribution in [3.8, 4) is 0 Å². The van der Waals surface area contributed by atoms with Gasteiger partial charge in [0.2, 0.25) is 5.91 Å². The lowest BCUT2D eigenvalue weighted by molar-refractivity contribution is -0.115. The lowest BCUT2D eigenvalue weighted by Crippen LogP contribution is -2.34. The summed E-state index contributed by atoms with van der Waals surface area (Å²) in [5, 5.41) is 2.78. The molecule has 102 valence electrons. The van der Waals surface area contributed by atoms with Gasteiger partial charge in [-0.25, -0.2) is 0 Å². The van der Waals surface area contributed by atoms with Crippen molar-refractivity contribution < 1.29 is 9.59 Å². The lowest BCUT2D eigenvalue weighted by Gasteiger charge is -2.23. The lowest BCUT2D eigenvalue weighted by atomic mass is 10.1. The van der Waals surface area contributed by atoms with E-state index in [2.05, 4.69) is 19.2 Å². The number of fused-ring (bicyclic) bond motifs is 1. The number of nitrogens with one attached hydrogen (secondary N) is 1. The van der Waals surface area contributed by atoms with Crippen molar-refractivity contribution in [3.63, 3.8) is 0 Å². The summed E-state index contributed by atoms with van der Waals surface area (Å²) in [5.74, 6) is 0.465. The standard InChI is InChI=1S/C15H20N2O2/c1-4-17(9-10(2)3)15(19)12-6-5-11-8-14(18)16-13(11)7-12/h5-7,10H,4,8-9H2,1-3H3,(H,16,18). The second kappa shape index (κ2) is 5.43. The van der Waals surface area contributed by atoms with Gasteiger partial charge in [0, 0.05) is 24.3 Å². The van der Waals surface area contributed by atoms with Crippen LogP contribution in [0.25, 0.3) is 0 Å². The molecule has 0 saturated carbocycles. The third-order valence-corrected chi connectivity index (χ3v) is 3.24. The van der Waals surface area contributed by atoms with E-state index in [4.69, 9.17) is 0 Å². The van der Waals surface area contributed by atoms with Crippen LogP contribution in [0.4, 0.5) is 5.69 Å². The monoisotopic (exact) mass is 260 g/mol. The molecule has 0 aliphatic carbocycles. The number of hydrogen-bond acceptors (Lipinski definition) is 2. The number of nitrogens with zero attached hydrogens (tertiary/aromatic N) is 1. The second-order valence-electron chi connectivity index (χ2n) is 5.33. The molecule has 0 fully saturated rings. The van der Waals surface area contributed by atoms with E-state index in [9.17, 15) is 9.59 Å². The van der Waals surface area contributed by atoms with E-state index >= 15 is 0 Å². The highest BCUT2D eigenvalue weighted by atomic mass is 16.2. The molecule has 1 aromatic rings. The maximum atomic E-state index is 12.4. The first kappa shape index (κ1) is 13.6. The molecule has 1 heterocycles. The Kier molecular flexibility index (Phi) is 3.88. The molecular formula is C15H20N2O2. The maximum absolute atomic E-state index is 12.4. The summed E-state index contributed by atoms with van der Waals surface area (Å²) in [5.41, 5.74) is 2.38. The summed E-state index contributed by atoms with van der Waals surface area (Å²) >= 11 is 0. The topological polar surface area (TPSA) is 49.4 Å². The third-order valence-electron chi connectivity index (χ3n) is 3.24. The van der Waals surface area contributed by atoms with Crippen molar-refractivity contribution in [2.24, 2.45) is 5.92 Å². The fourth-order valence-corrected chi connectivity index (χ4v) is 2.33. The highest BCUT2D eigenvalue weighted by molar-refractivity contribution is 6.02. The van der Waals surface area contributed by atoms with Crippen LogP contribution in [-0.2, 0) is 11.2 Å². The average Bonchev–Trinajstić information content (AvgIpc) is 2.73. The minimum atomic E-state index is -0.00544. The van der Waals surface area contributed by atoms with Crippen LogP contribution in [0.3, 0.4) is 0 Å². The van der Waals surface area contributed by atoms with Gasteiger partial charge in [0.05, 0.1) is 6.42 Å². The van der Waals surface area contributed by atoms with Gasteiger partial charge >= 0.3 is 0 Å². The predicted octanol–water partition coefficient (Wildman–Crippen LogP) is 2.30. The molecule has 0 radical (unpaired) electrons. The van der Waals surface area contributed by atoms with Crippen LogP contribution >= 0.6 is 0 Å². The van der Waals surface area contributed by atoms with Crippen molar-refractivity contribution in [2.45, 2.75) is 27.2 Å². The molecule has 4 heteroatoms. The van der Waals surface area contributed by atoms with E-state index in [1.165, 1.54) is 0 Å². The Labute approximate surface area is 113 Å². The predicted molar refractivity (Wildman–Crippen MR) is 75.2 cm³/mol. The van der Waals surface area contributed by atoms with Gasteiger partial charge in [-0.05, 0) is 30.5 Å². The van der Waals surface area contributed by atoms with Crippen molar-refractivity contribution in [1.82, 2.24) is 4.90 Å². The minimum Gasteiger partial charge on any atom is -0.339 e. The van der Waals surface area contributed by atoms with Gasteiger partial charge in [-0.1, -0.05) is 19.9 Å². The van der Waals surface area contributed by atoms with E-state index < -0.39 is 0 Å². The van der Waals surface area contributed by atoms with Gasteiger partial charge in [-0.2, -0.15) is 0 Å². The van der Waals surface area contributed by atoms with Gasteiger partial charge < -0.3 is 10.2 Å². The molecule has 0 bridgehead atoms. The molecule has 1 aliphatic rings. The summed E-state index contributed by atoms with van der Waals surface area (Å²) in [4.78, 5) is 25.6. The summed E-state index contributed by atoms with van der Waals surface area (Å²) in [6, 6.07) is 5.46. The summed E-state index contributed by atoms with van der Waals surface area (Å²) in [6.45, 7) is 7.62. The van der Waals surface area contributed by atoms with Gasteiger partial charge in [0.25, 0.3) is 5.91 Å². The zero-order valence-electron chi connectivity index (χ0n) is 11.7. The molecule has 4 nitrogen and oxygen atoms in total. The van der Waals surface area contributed by atoms with Crippen molar-refractivity contribution in [1.29, 1.82) is 0 Å². The zero-order chi connectivity index (χ0) is 14.0. The van der Waals surface area contributed by atoms with Crippen molar-refractivity contribution in [3.05, 3.63) is 29.3 Å². The van der Waals surface area contributed by atoms with E-state index in [-0.39, 0.29) is 11.8 Å². The van der Waals surface area contributed by atoms with Crippen LogP contribution in [0.2, 0.25) is 0 Å². The van der Waals surface area contributed by atoms with Crippen LogP contribution in [0.5, 0.6) is 0 Å². The van der Waals surface area contributed by atoms with Crippen LogP contribution in [0.1, 0.15) is 36.7 Å². The Bertz CT molecular complexity index is 509. The van der Waals surface area contributed by atoms with Crippen LogP contribution in [0.15, 0.2) is 18.2 Å². The molecule has 2 rings (SSSR count). The van der Waals surface area contributed by atoms with E-state index in [1.54, 1.807) is 6.07 Å². The molecule has 0 atom stereocenters. The number of carbonyl (C=O) groups excluding carboxylic acids is 2. The quantitative estimate of drug-likeness (QED) is 0.903. The molecular weight excluding hydrogens is 240 g/mol. The normalized spacial score (nSPS) is 13.4. The molecule has 0 spiro atoms. The van der Waals surface area contributed by atoms with Gasteiger partial charge in [0.15, 0.2) is 0 Å². The molecule has 0 unspecified atom stereocenters. The Morgan fingerprint density at radius 3 is 2.79 bits per heavy atom. The largest absolute Gasteiger partial charge is 0.339 e. The summed E-state index contributed by atoms with van der Waals surface area (Å²) < 4.78 is 0. The number of anilines is 1. The fraction of sp³-hybridized carbons (Fsp3) is 0.467. The van der Waals surface area contributed by atoms with E-state index in [0.29, 0.717) is 24.4 Å². The van der Waals surface area contributed by atoms with Crippen molar-refractivity contribution in [2.75, 3.05) is 18.4 Å². The summed E-state index contributed by atoms with van der Waals surface area (Å²) in [6.07, 6.45) is 0.410. The highest BCUT2D eigenvalue weighted by Gasteiger charge is 2.21. The second-order valence-corrected chi connectivity index (χ2v) is 5.33. The molecule has 2 amide bonds. The first-order valence-electron chi connectivity index (χ1n) is 6.73. The van der Waals surface area contributed by atoms with E-state index in [0.717, 1.165) is 17.8 Å². The molecule has 1 N–H and O–H groups in total. The van der Waals surface area contributed by atoms with Crippen molar-refractivity contribution >= 4 is 17.5 Å². The number of hydrogen-bond donors (Lipinski definition) is 1. The Balaban J connectivity index is 2.20. The first-order valence-corrected chi connectivity index (χ1v) is 6.73. The number of amides is 2. The third kappa shape index (κ3) is 2.95. The smallest absolute Gasteiger partial charge is 0.253 e. The number of rotatable bonds is 4. The summed E-state index contributed by atoms with van der Waals surface area (Å²) in [7, 11) is 0. The van der Waals surface area contributed by atoms with Gasteiger partial charge in [-0.15, -0.1) is 0 Å². The zero-order valence-corrected chi connectivity index (χ0v) is 11.7. The number of benzene rings is 1. The molecule has 1 aliphatic heterocycles. The fourth-order valence-electron chi connectivity index (χ4n) is 2.33. The number of carbonyl (C=O) groups is 2. The maximum Gasteiger partial charge on any atom is 0.253 e. The Hall–Kier alpha value is -1.84. The van der Waals surface area contributed by atoms with Gasteiger partial charge in [-0.3, -0.25) is 9.59 Å². The molecule has 19 heavy (non-hydrogen) atoms.